The second kappa shape index (κ2) is 7.57. The third kappa shape index (κ3) is 4.13. The van der Waals surface area contributed by atoms with Gasteiger partial charge < -0.3 is 14.6 Å². The molecule has 0 amide bonds. The van der Waals surface area contributed by atoms with Crippen LogP contribution in [0.4, 0.5) is 5.69 Å². The largest absolute Gasteiger partial charge is 0.377 e. The molecule has 0 fully saturated rings. The Hall–Kier alpha value is -0.830. The van der Waals surface area contributed by atoms with Crippen LogP contribution in [-0.2, 0) is 9.30 Å². The Bertz CT molecular complexity index is 380. The zero-order valence-electron chi connectivity index (χ0n) is 11.4. The first-order valence-electron chi connectivity index (χ1n) is 6.27. The molecule has 1 aromatic carbocycles. The van der Waals surface area contributed by atoms with Gasteiger partial charge in [0.1, 0.15) is 6.35 Å². The molecule has 1 rings (SSSR count). The van der Waals surface area contributed by atoms with E-state index in [0.29, 0.717) is 6.29 Å². The fourth-order valence-electron chi connectivity index (χ4n) is 1.94. The Morgan fingerprint density at radius 3 is 2.33 bits per heavy atom. The van der Waals surface area contributed by atoms with Gasteiger partial charge in [0.15, 0.2) is 7.29 Å². The number of nitrogens with zero attached hydrogens (tertiary/aromatic N) is 1. The van der Waals surface area contributed by atoms with Crippen molar-refractivity contribution in [3.8, 4) is 0 Å². The van der Waals surface area contributed by atoms with Crippen LogP contribution in [0.1, 0.15) is 13.8 Å². The Morgan fingerprint density at radius 2 is 1.83 bits per heavy atom. The van der Waals surface area contributed by atoms with E-state index in [-0.39, 0.29) is 6.35 Å². The van der Waals surface area contributed by atoms with Crippen molar-refractivity contribution in [1.29, 1.82) is 0 Å². The van der Waals surface area contributed by atoms with Gasteiger partial charge in [0, 0.05) is 25.9 Å². The fourth-order valence-corrected chi connectivity index (χ4v) is 4.26. The number of benzene rings is 1. The maximum absolute atomic E-state index is 12.9. The molecule has 4 nitrogen and oxygen atoms in total. The van der Waals surface area contributed by atoms with Crippen molar-refractivity contribution in [2.75, 3.05) is 38.1 Å². The third-order valence-corrected chi connectivity index (χ3v) is 5.79. The Morgan fingerprint density at radius 1 is 1.22 bits per heavy atom. The van der Waals surface area contributed by atoms with Crippen LogP contribution < -0.4 is 5.32 Å². The van der Waals surface area contributed by atoms with Gasteiger partial charge in [-0.3, -0.25) is 4.67 Å². The highest BCUT2D eigenvalue weighted by atomic mass is 31.2. The summed E-state index contributed by atoms with van der Waals surface area (Å²) in [5, 5.41) is 3.23. The summed E-state index contributed by atoms with van der Waals surface area (Å²) < 4.78 is 20.0. The molecule has 102 valence electrons. The summed E-state index contributed by atoms with van der Waals surface area (Å²) >= 11 is 0. The predicted molar refractivity (Wildman–Crippen MR) is 77.3 cm³/mol. The zero-order chi connectivity index (χ0) is 13.4. The molecule has 0 aromatic heterocycles. The van der Waals surface area contributed by atoms with Crippen molar-refractivity contribution in [2.45, 2.75) is 13.8 Å². The predicted octanol–water partition coefficient (Wildman–Crippen LogP) is 3.28. The number of nitrogens with one attached hydrogen (secondary N) is 1. The summed E-state index contributed by atoms with van der Waals surface area (Å²) in [5.41, 5.74) is 0.987. The summed E-state index contributed by atoms with van der Waals surface area (Å²) in [6.45, 7) is 5.59. The van der Waals surface area contributed by atoms with Crippen LogP contribution in [0.5, 0.6) is 0 Å². The minimum absolute atomic E-state index is 0.286. The molecule has 0 saturated carbocycles. The first-order valence-corrected chi connectivity index (χ1v) is 8.30. The van der Waals surface area contributed by atoms with E-state index in [9.17, 15) is 4.57 Å². The summed E-state index contributed by atoms with van der Waals surface area (Å²) in [4.78, 5) is 0. The van der Waals surface area contributed by atoms with Crippen molar-refractivity contribution in [3.05, 3.63) is 30.3 Å². The van der Waals surface area contributed by atoms with Gasteiger partial charge in [0.05, 0.1) is 6.29 Å². The first kappa shape index (κ1) is 15.2. The van der Waals surface area contributed by atoms with Gasteiger partial charge in [-0.15, -0.1) is 0 Å². The molecule has 18 heavy (non-hydrogen) atoms. The van der Waals surface area contributed by atoms with Crippen molar-refractivity contribution < 1.29 is 9.30 Å². The molecule has 1 aromatic rings. The van der Waals surface area contributed by atoms with Crippen LogP contribution in [0.2, 0.25) is 0 Å². The topological polar surface area (TPSA) is 41.6 Å². The number of hydrogen-bond acceptors (Lipinski definition) is 3. The van der Waals surface area contributed by atoms with E-state index in [1.807, 2.05) is 48.8 Å². The summed E-state index contributed by atoms with van der Waals surface area (Å²) in [7, 11) is -0.899. The molecule has 0 heterocycles. The second-order valence-corrected chi connectivity index (χ2v) is 6.94. The van der Waals surface area contributed by atoms with E-state index < -0.39 is 7.29 Å². The molecule has 1 atom stereocenters. The van der Waals surface area contributed by atoms with E-state index in [1.54, 1.807) is 7.11 Å². The summed E-state index contributed by atoms with van der Waals surface area (Å²) in [6, 6.07) is 9.82. The van der Waals surface area contributed by atoms with Gasteiger partial charge in [-0.05, 0) is 12.1 Å². The summed E-state index contributed by atoms with van der Waals surface area (Å²) in [6.07, 6.45) is 0.723. The number of hydrogen-bond donors (Lipinski definition) is 1. The van der Waals surface area contributed by atoms with E-state index in [2.05, 4.69) is 5.32 Å². The fraction of sp³-hybridized carbons (Fsp3) is 0.538. The molecule has 0 aliphatic heterocycles. The van der Waals surface area contributed by atoms with E-state index in [0.717, 1.165) is 18.8 Å². The first-order chi connectivity index (χ1) is 8.66. The van der Waals surface area contributed by atoms with Gasteiger partial charge in [0.2, 0.25) is 0 Å². The zero-order valence-corrected chi connectivity index (χ0v) is 12.3. The molecule has 0 saturated heterocycles. The Labute approximate surface area is 110 Å². The maximum atomic E-state index is 12.9. The lowest BCUT2D eigenvalue weighted by Crippen LogP contribution is -2.25. The molecule has 0 radical (unpaired) electrons. The normalized spacial score (nSPS) is 14.4. The van der Waals surface area contributed by atoms with E-state index in [1.165, 1.54) is 0 Å². The molecule has 0 bridgehead atoms. The van der Waals surface area contributed by atoms with Gasteiger partial charge in [-0.1, -0.05) is 32.0 Å². The average molecular weight is 270 g/mol. The van der Waals surface area contributed by atoms with Crippen LogP contribution in [0.25, 0.3) is 0 Å². The SMILES string of the molecule is CCN(CC)P(=O)(CNc1ccccc1)COC. The Balaban J connectivity index is 2.71. The van der Waals surface area contributed by atoms with Crippen LogP contribution in [0.15, 0.2) is 30.3 Å². The third-order valence-electron chi connectivity index (χ3n) is 2.88. The lowest BCUT2D eigenvalue weighted by Gasteiger charge is -2.29. The van der Waals surface area contributed by atoms with E-state index in [4.69, 9.17) is 4.74 Å². The van der Waals surface area contributed by atoms with Crippen LogP contribution >= 0.6 is 7.29 Å². The van der Waals surface area contributed by atoms with Crippen LogP contribution in [-0.4, -0.2) is 37.5 Å². The second-order valence-electron chi connectivity index (χ2n) is 4.10. The Kier molecular flexibility index (Phi) is 6.41. The molecular formula is C13H23N2O2P. The smallest absolute Gasteiger partial charge is 0.193 e. The average Bonchev–Trinajstić information content (AvgIpc) is 2.39. The van der Waals surface area contributed by atoms with Crippen LogP contribution in [0, 0.1) is 0 Å². The number of rotatable bonds is 8. The lowest BCUT2D eigenvalue weighted by atomic mass is 10.3. The minimum Gasteiger partial charge on any atom is -0.377 e. The molecule has 5 heteroatoms. The lowest BCUT2D eigenvalue weighted by molar-refractivity contribution is 0.239. The molecule has 1 unspecified atom stereocenters. The quantitative estimate of drug-likeness (QED) is 0.736. The van der Waals surface area contributed by atoms with Gasteiger partial charge in [-0.2, -0.15) is 0 Å². The number of anilines is 1. The van der Waals surface area contributed by atoms with Crippen molar-refractivity contribution in [1.82, 2.24) is 4.67 Å². The standard InChI is InChI=1S/C13H23N2O2P/c1-4-15(5-2)18(16,12-17-3)11-14-13-9-7-6-8-10-13/h6-10,14H,4-5,11-12H2,1-3H3. The van der Waals surface area contributed by atoms with E-state index >= 15 is 0 Å². The van der Waals surface area contributed by atoms with Crippen molar-refractivity contribution in [3.63, 3.8) is 0 Å². The van der Waals surface area contributed by atoms with Crippen molar-refractivity contribution in [2.24, 2.45) is 0 Å². The van der Waals surface area contributed by atoms with Gasteiger partial charge in [0.25, 0.3) is 0 Å². The number of para-hydroxylation sites is 1. The highest BCUT2D eigenvalue weighted by molar-refractivity contribution is 7.61. The number of methoxy groups -OCH3 is 1. The molecule has 0 aliphatic carbocycles. The monoisotopic (exact) mass is 270 g/mol. The molecule has 0 spiro atoms. The van der Waals surface area contributed by atoms with Gasteiger partial charge in [-0.25, -0.2) is 0 Å². The number of ether oxygens (including phenoxy) is 1. The minimum atomic E-state index is -2.49. The molecule has 1 N–H and O–H groups in total. The maximum Gasteiger partial charge on any atom is 0.193 e. The molecule has 0 aliphatic rings. The van der Waals surface area contributed by atoms with Crippen molar-refractivity contribution >= 4 is 13.0 Å². The van der Waals surface area contributed by atoms with Crippen LogP contribution in [0.3, 0.4) is 0 Å². The molecular weight excluding hydrogens is 247 g/mol. The highest BCUT2D eigenvalue weighted by Gasteiger charge is 2.28. The highest BCUT2D eigenvalue weighted by Crippen LogP contribution is 2.48. The summed E-state index contributed by atoms with van der Waals surface area (Å²) in [5.74, 6) is 0. The van der Waals surface area contributed by atoms with Gasteiger partial charge >= 0.3 is 0 Å².